The van der Waals surface area contributed by atoms with Gasteiger partial charge in [0, 0.05) is 33.7 Å². The summed E-state index contributed by atoms with van der Waals surface area (Å²) in [6.07, 6.45) is 0.0702. The highest BCUT2D eigenvalue weighted by Crippen LogP contribution is 2.49. The average molecular weight is 855 g/mol. The molecule has 3 aliphatic rings. The number of ether oxygens (including phenoxy) is 2. The molecule has 3 aromatic heterocycles. The summed E-state index contributed by atoms with van der Waals surface area (Å²) in [7, 11) is -3.08. The number of benzene rings is 2. The van der Waals surface area contributed by atoms with Gasteiger partial charge in [-0.2, -0.15) is 25.2 Å². The summed E-state index contributed by atoms with van der Waals surface area (Å²) in [5.74, 6) is 0.618. The minimum atomic E-state index is -3.08. The summed E-state index contributed by atoms with van der Waals surface area (Å²) in [5.41, 5.74) is 5.84. The van der Waals surface area contributed by atoms with E-state index < -0.39 is 44.6 Å². The maximum Gasteiger partial charge on any atom is 0.322 e. The summed E-state index contributed by atoms with van der Waals surface area (Å²) in [6, 6.07) is 22.2. The Morgan fingerprint density at radius 1 is 1.07 bits per heavy atom. The topological polar surface area (TPSA) is 162 Å². The van der Waals surface area contributed by atoms with Gasteiger partial charge in [0.1, 0.15) is 23.3 Å². The molecule has 2 aromatic carbocycles. The number of thiophene rings is 1. The minimum Gasteiger partial charge on any atom is -0.459 e. The molecular weight excluding hydrogens is 798 g/mol. The standard InChI is InChI=1S/C44H54FN9O4SSi/c1-28(33-23-29(45)25-53(33)7)56-41-50-37(38-48-39(57-52-38)44(6)20-14-19-34-35(44)32(24-46)36(47)59-34)49-40(51-41)54-21-22-55-27-43(5,26-54)58-60(42(2,3)4,30-15-10-8-11-16-30)31-17-12-9-13-18-31/h8-13,15-18,28-29,33H,14,19-23,25-27,47H2,1-7H3/t28?,29-,33+,43+,44+/m1/s1/i7D3. The number of fused-ring (bicyclic) bond motifs is 1. The smallest absolute Gasteiger partial charge is 0.322 e. The maximum atomic E-state index is 14.8. The molecule has 316 valence electrons. The molecule has 0 spiro atoms. The second-order valence-electron chi connectivity index (χ2n) is 17.7. The van der Waals surface area contributed by atoms with Crippen LogP contribution in [0.4, 0.5) is 15.3 Å². The Labute approximate surface area is 360 Å². The third-order valence-electron chi connectivity index (χ3n) is 12.1. The van der Waals surface area contributed by atoms with Gasteiger partial charge in [0.25, 0.3) is 8.32 Å². The third kappa shape index (κ3) is 7.70. The van der Waals surface area contributed by atoms with Gasteiger partial charge in [0.15, 0.2) is 0 Å². The number of aryl methyl sites for hydroxylation is 1. The van der Waals surface area contributed by atoms with E-state index in [4.69, 9.17) is 43.2 Å². The molecule has 8 rings (SSSR count). The lowest BCUT2D eigenvalue weighted by Crippen LogP contribution is -2.70. The Hall–Kier alpha value is -4.79. The fraction of sp³-hybridized carbons (Fsp3) is 0.500. The number of hydrogen-bond donors (Lipinski definition) is 1. The Morgan fingerprint density at radius 3 is 2.45 bits per heavy atom. The van der Waals surface area contributed by atoms with Crippen LogP contribution in [-0.4, -0.2) is 102 Å². The van der Waals surface area contributed by atoms with Crippen molar-refractivity contribution in [2.24, 2.45) is 0 Å². The first-order chi connectivity index (χ1) is 29.8. The summed E-state index contributed by atoms with van der Waals surface area (Å²) in [5, 5.41) is 16.9. The molecule has 2 fully saturated rings. The molecule has 2 aliphatic heterocycles. The van der Waals surface area contributed by atoms with E-state index in [1.165, 1.54) is 11.3 Å². The van der Waals surface area contributed by atoms with Gasteiger partial charge in [-0.25, -0.2) is 4.39 Å². The van der Waals surface area contributed by atoms with Gasteiger partial charge in [0.05, 0.1) is 36.3 Å². The molecular formula is C44H54FN9O4SSi. The predicted octanol–water partition coefficient (Wildman–Crippen LogP) is 6.06. The van der Waals surface area contributed by atoms with Crippen molar-refractivity contribution in [2.75, 3.05) is 50.5 Å². The van der Waals surface area contributed by atoms with E-state index in [0.29, 0.717) is 36.7 Å². The first kappa shape index (κ1) is 38.2. The molecule has 2 saturated heterocycles. The molecule has 13 nitrogen and oxygen atoms in total. The van der Waals surface area contributed by atoms with Crippen LogP contribution >= 0.6 is 11.3 Å². The second-order valence-corrected chi connectivity index (χ2v) is 23.0. The van der Waals surface area contributed by atoms with Crippen molar-refractivity contribution < 1.29 is 26.9 Å². The van der Waals surface area contributed by atoms with E-state index in [1.807, 2.05) is 48.2 Å². The second kappa shape index (κ2) is 16.2. The Kier molecular flexibility index (Phi) is 10.3. The normalized spacial score (nSPS) is 25.4. The molecule has 5 aromatic rings. The molecule has 60 heavy (non-hydrogen) atoms. The fourth-order valence-electron chi connectivity index (χ4n) is 9.23. The zero-order valence-corrected chi connectivity index (χ0v) is 36.8. The molecule has 1 unspecified atom stereocenters. The summed E-state index contributed by atoms with van der Waals surface area (Å²) >= 11 is 1.41. The number of likely N-dealkylation sites (tertiary alicyclic amines) is 1. The number of rotatable bonds is 10. The zero-order valence-electron chi connectivity index (χ0n) is 37.9. The molecule has 0 saturated carbocycles. The van der Waals surface area contributed by atoms with Crippen LogP contribution in [0.5, 0.6) is 6.01 Å². The van der Waals surface area contributed by atoms with Crippen LogP contribution in [0.2, 0.25) is 5.04 Å². The lowest BCUT2D eigenvalue weighted by Gasteiger charge is -2.48. The van der Waals surface area contributed by atoms with Gasteiger partial charge in [0.2, 0.25) is 23.5 Å². The zero-order chi connectivity index (χ0) is 45.0. The van der Waals surface area contributed by atoms with Crippen molar-refractivity contribution in [1.29, 1.82) is 5.26 Å². The van der Waals surface area contributed by atoms with Gasteiger partial charge in [-0.3, -0.25) is 4.90 Å². The van der Waals surface area contributed by atoms with E-state index in [2.05, 4.69) is 68.2 Å². The Morgan fingerprint density at radius 2 is 1.78 bits per heavy atom. The number of halogens is 1. The molecule has 16 heteroatoms. The summed E-state index contributed by atoms with van der Waals surface area (Å²) < 4.78 is 65.5. The SMILES string of the molecule is [2H]C([2H])([2H])N1C[C@H](F)C[C@H]1C(C)Oc1nc(-c2noc([C@@]3(C)CCCc4sc(N)c(C#N)c43)n2)nc(N2CCOC[C@@](C)(O[Si](c3ccccc3)(c3ccccc3)C(C)(C)C)C2)n1. The Bertz CT molecular complexity index is 2430. The highest BCUT2D eigenvalue weighted by Gasteiger charge is 2.54. The number of hydrogen-bond acceptors (Lipinski definition) is 14. The van der Waals surface area contributed by atoms with Crippen LogP contribution < -0.4 is 25.7 Å². The number of nitrogens with zero attached hydrogens (tertiary/aromatic N) is 8. The predicted molar refractivity (Wildman–Crippen MR) is 232 cm³/mol. The average Bonchev–Trinajstić information content (AvgIpc) is 3.96. The number of nitriles is 1. The van der Waals surface area contributed by atoms with Gasteiger partial charge in [-0.1, -0.05) is 86.6 Å². The lowest BCUT2D eigenvalue weighted by atomic mass is 9.72. The molecule has 0 bridgehead atoms. The van der Waals surface area contributed by atoms with Gasteiger partial charge >= 0.3 is 6.01 Å². The van der Waals surface area contributed by atoms with Crippen LogP contribution in [0.1, 0.15) is 86.8 Å². The fourth-order valence-corrected chi connectivity index (χ4v) is 15.2. The first-order valence-electron chi connectivity index (χ1n) is 22.0. The number of likely N-dealkylation sites (N-methyl/N-ethyl adjacent to an activating group) is 1. The minimum absolute atomic E-state index is 0.0295. The summed E-state index contributed by atoms with van der Waals surface area (Å²) in [6.45, 7) is 10.9. The maximum absolute atomic E-state index is 14.8. The number of aromatic nitrogens is 5. The van der Waals surface area contributed by atoms with Crippen LogP contribution in [0.3, 0.4) is 0 Å². The van der Waals surface area contributed by atoms with Crippen LogP contribution in [0.15, 0.2) is 65.2 Å². The molecule has 0 radical (unpaired) electrons. The van der Waals surface area contributed by atoms with Crippen molar-refractivity contribution in [3.8, 4) is 23.7 Å². The van der Waals surface area contributed by atoms with E-state index >= 15 is 0 Å². The number of alkyl halides is 1. The van der Waals surface area contributed by atoms with Crippen molar-refractivity contribution in [3.63, 3.8) is 0 Å². The monoisotopic (exact) mass is 854 g/mol. The van der Waals surface area contributed by atoms with E-state index in [1.54, 1.807) is 6.92 Å². The van der Waals surface area contributed by atoms with Gasteiger partial charge < -0.3 is 29.1 Å². The quantitative estimate of drug-likeness (QED) is 0.162. The van der Waals surface area contributed by atoms with Crippen molar-refractivity contribution >= 4 is 41.0 Å². The number of nitrogens with two attached hydrogens (primary N) is 1. The number of nitrogen functional groups attached to an aromatic ring is 1. The van der Waals surface area contributed by atoms with Gasteiger partial charge in [-0.15, -0.1) is 11.3 Å². The Balaban J connectivity index is 1.20. The summed E-state index contributed by atoms with van der Waals surface area (Å²) in [4.78, 5) is 23.4. The molecule has 0 amide bonds. The highest BCUT2D eigenvalue weighted by molar-refractivity contribution is 7.16. The van der Waals surface area contributed by atoms with Crippen LogP contribution in [-0.2, 0) is 21.0 Å². The van der Waals surface area contributed by atoms with E-state index in [0.717, 1.165) is 38.6 Å². The number of anilines is 2. The first-order valence-corrected chi connectivity index (χ1v) is 23.2. The molecule has 2 N–H and O–H groups in total. The third-order valence-corrected chi connectivity index (χ3v) is 18.4. The van der Waals surface area contributed by atoms with Crippen LogP contribution in [0, 0.1) is 11.3 Å². The van der Waals surface area contributed by atoms with Crippen molar-refractivity contribution in [2.45, 2.75) is 102 Å². The lowest BCUT2D eigenvalue weighted by molar-refractivity contribution is -0.000402. The van der Waals surface area contributed by atoms with Crippen molar-refractivity contribution in [3.05, 3.63) is 82.6 Å². The van der Waals surface area contributed by atoms with E-state index in [9.17, 15) is 9.65 Å². The van der Waals surface area contributed by atoms with Crippen molar-refractivity contribution in [1.82, 2.24) is 30.0 Å². The van der Waals surface area contributed by atoms with E-state index in [-0.39, 0.29) is 54.1 Å². The van der Waals surface area contributed by atoms with Crippen LogP contribution in [0.25, 0.3) is 11.6 Å². The molecule has 1 aliphatic carbocycles. The largest absolute Gasteiger partial charge is 0.459 e. The molecule has 5 heterocycles. The highest BCUT2D eigenvalue weighted by atomic mass is 32.1. The van der Waals surface area contributed by atoms with Gasteiger partial charge in [-0.05, 0) is 68.8 Å². The molecule has 5 atom stereocenters.